The standard InChI is InChI=1S/C37H53NO5/c1-35(2,3)27-37(7,36(4,5)6)34(39)43-21-15-13-11-10-12-14-20-42-31-18-16-29(17-19-31)30(26-38)22-28-23-32(40-8)25-33(24-28)41-9/h16-19,22-25H,10-15,20-21,27H2,1-9H3/b30-22+. The number of methoxy groups -OCH3 is 2. The average Bonchev–Trinajstić information content (AvgIpc) is 2.95. The van der Waals surface area contributed by atoms with Gasteiger partial charge in [0.2, 0.25) is 0 Å². The molecule has 0 aliphatic heterocycles. The van der Waals surface area contributed by atoms with Gasteiger partial charge in [-0.2, -0.15) is 5.26 Å². The van der Waals surface area contributed by atoms with Crippen LogP contribution >= 0.6 is 0 Å². The first-order chi connectivity index (χ1) is 20.2. The summed E-state index contributed by atoms with van der Waals surface area (Å²) in [5, 5.41) is 9.74. The maximum absolute atomic E-state index is 13.0. The van der Waals surface area contributed by atoms with Crippen LogP contribution in [-0.2, 0) is 9.53 Å². The van der Waals surface area contributed by atoms with E-state index in [1.54, 1.807) is 20.3 Å². The quantitative estimate of drug-likeness (QED) is 0.0837. The molecule has 0 bridgehead atoms. The van der Waals surface area contributed by atoms with Gasteiger partial charge in [-0.15, -0.1) is 0 Å². The molecule has 0 aromatic heterocycles. The van der Waals surface area contributed by atoms with Crippen molar-refractivity contribution in [2.45, 2.75) is 93.4 Å². The van der Waals surface area contributed by atoms with Gasteiger partial charge in [0.15, 0.2) is 0 Å². The Morgan fingerprint density at radius 3 is 1.79 bits per heavy atom. The number of rotatable bonds is 16. The highest BCUT2D eigenvalue weighted by Gasteiger charge is 2.47. The lowest BCUT2D eigenvalue weighted by molar-refractivity contribution is -0.164. The summed E-state index contributed by atoms with van der Waals surface area (Å²) in [4.78, 5) is 13.0. The van der Waals surface area contributed by atoms with E-state index in [0.29, 0.717) is 30.3 Å². The summed E-state index contributed by atoms with van der Waals surface area (Å²) in [6.07, 6.45) is 8.89. The number of carbonyl (C=O) groups excluding carboxylic acids is 1. The predicted octanol–water partition coefficient (Wildman–Crippen LogP) is 9.52. The van der Waals surface area contributed by atoms with E-state index in [9.17, 15) is 10.1 Å². The molecule has 2 rings (SSSR count). The number of allylic oxidation sites excluding steroid dienone is 1. The van der Waals surface area contributed by atoms with Crippen molar-refractivity contribution in [3.05, 3.63) is 53.6 Å². The maximum atomic E-state index is 13.0. The van der Waals surface area contributed by atoms with Gasteiger partial charge < -0.3 is 18.9 Å². The first-order valence-electron chi connectivity index (χ1n) is 15.5. The first-order valence-corrected chi connectivity index (χ1v) is 15.5. The van der Waals surface area contributed by atoms with Crippen LogP contribution in [0.25, 0.3) is 11.6 Å². The highest BCUT2D eigenvalue weighted by atomic mass is 16.5. The monoisotopic (exact) mass is 591 g/mol. The molecular weight excluding hydrogens is 538 g/mol. The van der Waals surface area contributed by atoms with Crippen LogP contribution in [0, 0.1) is 27.6 Å². The van der Waals surface area contributed by atoms with Crippen LogP contribution in [0.4, 0.5) is 0 Å². The fourth-order valence-corrected chi connectivity index (χ4v) is 5.12. The lowest BCUT2D eigenvalue weighted by atomic mass is 9.61. The summed E-state index contributed by atoms with van der Waals surface area (Å²) in [6.45, 7) is 16.1. The number of carbonyl (C=O) groups is 1. The number of nitriles is 1. The SMILES string of the molecule is COc1cc(/C=C(\C#N)c2ccc(OCCCCCCCCOC(=O)C(C)(CC(C)(C)C)C(C)(C)C)cc2)cc(OC)c1. The zero-order valence-electron chi connectivity index (χ0n) is 28.0. The van der Waals surface area contributed by atoms with E-state index in [0.717, 1.165) is 61.8 Å². The normalized spacial score (nSPS) is 13.5. The zero-order chi connectivity index (χ0) is 32.1. The lowest BCUT2D eigenvalue weighted by Crippen LogP contribution is -2.44. The molecule has 6 heteroatoms. The van der Waals surface area contributed by atoms with Crippen molar-refractivity contribution in [2.75, 3.05) is 27.4 Å². The number of esters is 1. The Labute approximate surface area is 260 Å². The second-order valence-corrected chi connectivity index (χ2v) is 13.8. The Hall–Kier alpha value is -3.46. The third kappa shape index (κ3) is 11.6. The van der Waals surface area contributed by atoms with Crippen molar-refractivity contribution in [3.63, 3.8) is 0 Å². The van der Waals surface area contributed by atoms with Crippen molar-refractivity contribution in [1.82, 2.24) is 0 Å². The van der Waals surface area contributed by atoms with Gasteiger partial charge in [0.05, 0.1) is 44.5 Å². The second-order valence-electron chi connectivity index (χ2n) is 13.8. The smallest absolute Gasteiger partial charge is 0.312 e. The van der Waals surface area contributed by atoms with Gasteiger partial charge in [0.1, 0.15) is 17.2 Å². The summed E-state index contributed by atoms with van der Waals surface area (Å²) < 4.78 is 22.4. The summed E-state index contributed by atoms with van der Waals surface area (Å²) in [7, 11) is 3.20. The Balaban J connectivity index is 1.70. The summed E-state index contributed by atoms with van der Waals surface area (Å²) in [6, 6.07) is 15.4. The van der Waals surface area contributed by atoms with E-state index < -0.39 is 5.41 Å². The van der Waals surface area contributed by atoms with Crippen molar-refractivity contribution >= 4 is 17.6 Å². The van der Waals surface area contributed by atoms with E-state index in [1.165, 1.54) is 0 Å². The molecular formula is C37H53NO5. The van der Waals surface area contributed by atoms with Crippen molar-refractivity contribution in [3.8, 4) is 23.3 Å². The highest BCUT2D eigenvalue weighted by molar-refractivity contribution is 5.90. The lowest BCUT2D eigenvalue weighted by Gasteiger charge is -2.43. The predicted molar refractivity (Wildman–Crippen MR) is 175 cm³/mol. The molecule has 0 aliphatic carbocycles. The van der Waals surface area contributed by atoms with E-state index in [1.807, 2.05) is 42.5 Å². The topological polar surface area (TPSA) is 77.8 Å². The molecule has 0 heterocycles. The van der Waals surface area contributed by atoms with Crippen molar-refractivity contribution in [2.24, 2.45) is 16.2 Å². The fraction of sp³-hybridized carbons (Fsp3) is 0.568. The molecule has 0 aliphatic rings. The zero-order valence-corrected chi connectivity index (χ0v) is 28.0. The second kappa shape index (κ2) is 16.4. The maximum Gasteiger partial charge on any atom is 0.312 e. The van der Waals surface area contributed by atoms with Gasteiger partial charge in [0, 0.05) is 6.07 Å². The number of hydrogen-bond donors (Lipinski definition) is 0. The molecule has 2 aromatic rings. The van der Waals surface area contributed by atoms with Crippen LogP contribution in [0.2, 0.25) is 0 Å². The molecule has 0 saturated heterocycles. The van der Waals surface area contributed by atoms with Crippen LogP contribution in [0.15, 0.2) is 42.5 Å². The number of hydrogen-bond acceptors (Lipinski definition) is 6. The van der Waals surface area contributed by atoms with Crippen LogP contribution in [0.1, 0.15) is 105 Å². The van der Waals surface area contributed by atoms with E-state index in [2.05, 4.69) is 54.5 Å². The van der Waals surface area contributed by atoms with Gasteiger partial charge in [-0.3, -0.25) is 4.79 Å². The van der Waals surface area contributed by atoms with E-state index in [4.69, 9.17) is 18.9 Å². The van der Waals surface area contributed by atoms with E-state index in [-0.39, 0.29) is 16.8 Å². The van der Waals surface area contributed by atoms with Gasteiger partial charge in [-0.1, -0.05) is 67.2 Å². The van der Waals surface area contributed by atoms with E-state index >= 15 is 0 Å². The van der Waals surface area contributed by atoms with Gasteiger partial charge in [-0.05, 0) is 90.6 Å². The molecule has 1 unspecified atom stereocenters. The Bertz CT molecular complexity index is 1210. The molecule has 236 valence electrons. The number of ether oxygens (including phenoxy) is 4. The van der Waals surface area contributed by atoms with Crippen LogP contribution in [-0.4, -0.2) is 33.4 Å². The molecule has 0 amide bonds. The van der Waals surface area contributed by atoms with Crippen LogP contribution < -0.4 is 14.2 Å². The molecule has 0 radical (unpaired) electrons. The third-order valence-corrected chi connectivity index (χ3v) is 8.00. The summed E-state index contributed by atoms with van der Waals surface area (Å²) >= 11 is 0. The summed E-state index contributed by atoms with van der Waals surface area (Å²) in [5.41, 5.74) is 1.58. The minimum absolute atomic E-state index is 0.0555. The largest absolute Gasteiger partial charge is 0.497 e. The molecule has 2 aromatic carbocycles. The molecule has 0 saturated carbocycles. The number of unbranched alkanes of at least 4 members (excludes halogenated alkanes) is 5. The minimum atomic E-state index is -0.508. The molecule has 0 spiro atoms. The molecule has 43 heavy (non-hydrogen) atoms. The first kappa shape index (κ1) is 35.7. The Morgan fingerprint density at radius 1 is 0.767 bits per heavy atom. The fourth-order valence-electron chi connectivity index (χ4n) is 5.12. The molecule has 6 nitrogen and oxygen atoms in total. The van der Waals surface area contributed by atoms with Gasteiger partial charge in [0.25, 0.3) is 0 Å². The number of nitrogens with zero attached hydrogens (tertiary/aromatic N) is 1. The van der Waals surface area contributed by atoms with Crippen LogP contribution in [0.5, 0.6) is 17.2 Å². The van der Waals surface area contributed by atoms with Crippen molar-refractivity contribution < 1.29 is 23.7 Å². The highest BCUT2D eigenvalue weighted by Crippen LogP contribution is 2.47. The molecule has 0 N–H and O–H groups in total. The van der Waals surface area contributed by atoms with Crippen molar-refractivity contribution in [1.29, 1.82) is 5.26 Å². The van der Waals surface area contributed by atoms with Gasteiger partial charge in [-0.25, -0.2) is 0 Å². The summed E-state index contributed by atoms with van der Waals surface area (Å²) in [5.74, 6) is 2.06. The minimum Gasteiger partial charge on any atom is -0.497 e. The average molecular weight is 592 g/mol. The van der Waals surface area contributed by atoms with Crippen LogP contribution in [0.3, 0.4) is 0 Å². The van der Waals surface area contributed by atoms with Gasteiger partial charge >= 0.3 is 5.97 Å². The number of benzene rings is 2. The molecule has 1 atom stereocenters. The molecule has 0 fully saturated rings. The third-order valence-electron chi connectivity index (χ3n) is 8.00. The Kier molecular flexibility index (Phi) is 13.6. The Morgan fingerprint density at radius 2 is 1.30 bits per heavy atom.